The first-order valence-electron chi connectivity index (χ1n) is 7.65. The number of hydrogen-bond acceptors (Lipinski definition) is 3. The standard InChI is InChI=1S/C13H18O2.C6H7NO/c1-9(2)8-11-4-6-12(7-5-11)10(3)13(14)15;7-5-1-3-6(8)4-2-5/h4-7,9-10H,8H2,1-3H3,(H,14,15);1-4,8H,7H2. The second kappa shape index (κ2) is 8.83. The van der Waals surface area contributed by atoms with E-state index >= 15 is 0 Å². The Bertz CT molecular complexity index is 583. The lowest BCUT2D eigenvalue weighted by Gasteiger charge is -2.09. The van der Waals surface area contributed by atoms with E-state index in [0.29, 0.717) is 11.6 Å². The van der Waals surface area contributed by atoms with Crippen LogP contribution in [-0.4, -0.2) is 16.2 Å². The van der Waals surface area contributed by atoms with Gasteiger partial charge in [0, 0.05) is 5.69 Å². The fraction of sp³-hybridized carbons (Fsp3) is 0.316. The van der Waals surface area contributed by atoms with Gasteiger partial charge in [-0.3, -0.25) is 4.79 Å². The Labute approximate surface area is 137 Å². The lowest BCUT2D eigenvalue weighted by molar-refractivity contribution is -0.138. The molecule has 2 aromatic rings. The average Bonchev–Trinajstić information content (AvgIpc) is 2.50. The van der Waals surface area contributed by atoms with E-state index in [0.717, 1.165) is 12.0 Å². The zero-order chi connectivity index (χ0) is 17.4. The number of benzene rings is 2. The molecule has 1 unspecified atom stereocenters. The van der Waals surface area contributed by atoms with Crippen LogP contribution in [0.2, 0.25) is 0 Å². The summed E-state index contributed by atoms with van der Waals surface area (Å²) < 4.78 is 0. The van der Waals surface area contributed by atoms with E-state index in [9.17, 15) is 4.79 Å². The van der Waals surface area contributed by atoms with Gasteiger partial charge in [-0.15, -0.1) is 0 Å². The number of hydrogen-bond donors (Lipinski definition) is 3. The Morgan fingerprint density at radius 1 is 1.00 bits per heavy atom. The first-order valence-corrected chi connectivity index (χ1v) is 7.65. The van der Waals surface area contributed by atoms with Gasteiger partial charge < -0.3 is 15.9 Å². The molecule has 0 saturated heterocycles. The molecule has 124 valence electrons. The van der Waals surface area contributed by atoms with Crippen LogP contribution in [0.1, 0.15) is 37.8 Å². The van der Waals surface area contributed by atoms with E-state index < -0.39 is 11.9 Å². The highest BCUT2D eigenvalue weighted by atomic mass is 16.4. The zero-order valence-corrected chi connectivity index (χ0v) is 13.9. The molecule has 2 rings (SSSR count). The molecule has 0 heterocycles. The first-order chi connectivity index (χ1) is 10.8. The predicted octanol–water partition coefficient (Wildman–Crippen LogP) is 4.05. The summed E-state index contributed by atoms with van der Waals surface area (Å²) in [6.45, 7) is 6.06. The molecule has 4 heteroatoms. The molecule has 0 amide bonds. The summed E-state index contributed by atoms with van der Waals surface area (Å²) in [4.78, 5) is 10.8. The third-order valence-electron chi connectivity index (χ3n) is 3.39. The van der Waals surface area contributed by atoms with Gasteiger partial charge in [0.1, 0.15) is 5.75 Å². The number of rotatable bonds is 4. The smallest absolute Gasteiger partial charge is 0.310 e. The molecule has 1 atom stereocenters. The summed E-state index contributed by atoms with van der Waals surface area (Å²) in [7, 11) is 0. The van der Waals surface area contributed by atoms with Crippen LogP contribution in [0.25, 0.3) is 0 Å². The molecule has 0 aromatic heterocycles. The van der Waals surface area contributed by atoms with Crippen molar-refractivity contribution in [3.05, 3.63) is 59.7 Å². The molecule has 2 aromatic carbocycles. The van der Waals surface area contributed by atoms with Gasteiger partial charge in [-0.25, -0.2) is 0 Å². The van der Waals surface area contributed by atoms with E-state index in [2.05, 4.69) is 13.8 Å². The van der Waals surface area contributed by atoms with Gasteiger partial charge in [0.05, 0.1) is 5.92 Å². The number of aliphatic carboxylic acids is 1. The fourth-order valence-electron chi connectivity index (χ4n) is 2.03. The largest absolute Gasteiger partial charge is 0.508 e. The number of anilines is 1. The maximum atomic E-state index is 10.8. The highest BCUT2D eigenvalue weighted by Crippen LogP contribution is 2.17. The second-order valence-electron chi connectivity index (χ2n) is 5.99. The van der Waals surface area contributed by atoms with E-state index in [1.54, 1.807) is 31.2 Å². The molecule has 0 aliphatic heterocycles. The van der Waals surface area contributed by atoms with Gasteiger partial charge in [-0.1, -0.05) is 38.1 Å². The summed E-state index contributed by atoms with van der Waals surface area (Å²) in [5, 5.41) is 17.6. The molecule has 0 spiro atoms. The minimum Gasteiger partial charge on any atom is -0.508 e. The lowest BCUT2D eigenvalue weighted by atomic mass is 9.97. The number of phenolic OH excluding ortho intramolecular Hbond substituents is 1. The number of carboxylic acid groups (broad SMARTS) is 1. The number of aromatic hydroxyl groups is 1. The minimum absolute atomic E-state index is 0.249. The molecule has 0 saturated carbocycles. The molecule has 0 radical (unpaired) electrons. The lowest BCUT2D eigenvalue weighted by Crippen LogP contribution is -2.07. The maximum absolute atomic E-state index is 10.8. The van der Waals surface area contributed by atoms with Crippen LogP contribution in [0.3, 0.4) is 0 Å². The quantitative estimate of drug-likeness (QED) is 0.587. The zero-order valence-electron chi connectivity index (χ0n) is 13.9. The van der Waals surface area contributed by atoms with Gasteiger partial charge in [0.2, 0.25) is 0 Å². The van der Waals surface area contributed by atoms with Gasteiger partial charge >= 0.3 is 5.97 Å². The van der Waals surface area contributed by atoms with Crippen molar-refractivity contribution < 1.29 is 15.0 Å². The summed E-state index contributed by atoms with van der Waals surface area (Å²) in [5.74, 6) is -0.309. The summed E-state index contributed by atoms with van der Waals surface area (Å²) in [6.07, 6.45) is 1.04. The van der Waals surface area contributed by atoms with Crippen molar-refractivity contribution in [2.45, 2.75) is 33.1 Å². The van der Waals surface area contributed by atoms with Crippen molar-refractivity contribution in [3.63, 3.8) is 0 Å². The number of phenols is 1. The Morgan fingerprint density at radius 3 is 1.91 bits per heavy atom. The van der Waals surface area contributed by atoms with Crippen molar-refractivity contribution in [2.75, 3.05) is 5.73 Å². The highest BCUT2D eigenvalue weighted by Gasteiger charge is 2.12. The van der Waals surface area contributed by atoms with Crippen LogP contribution in [0.5, 0.6) is 5.75 Å². The van der Waals surface area contributed by atoms with Crippen molar-refractivity contribution in [2.24, 2.45) is 5.92 Å². The molecule has 0 fully saturated rings. The third-order valence-corrected chi connectivity index (χ3v) is 3.39. The van der Waals surface area contributed by atoms with Gasteiger partial charge in [-0.2, -0.15) is 0 Å². The third kappa shape index (κ3) is 6.87. The van der Waals surface area contributed by atoms with Crippen LogP contribution in [-0.2, 0) is 11.2 Å². The Morgan fingerprint density at radius 2 is 1.52 bits per heavy atom. The predicted molar refractivity (Wildman–Crippen MR) is 93.6 cm³/mol. The van der Waals surface area contributed by atoms with E-state index in [1.165, 1.54) is 5.56 Å². The van der Waals surface area contributed by atoms with Gasteiger partial charge in [-0.05, 0) is 54.7 Å². The van der Waals surface area contributed by atoms with Gasteiger partial charge in [0.25, 0.3) is 0 Å². The van der Waals surface area contributed by atoms with Gasteiger partial charge in [0.15, 0.2) is 0 Å². The molecule has 0 aliphatic carbocycles. The maximum Gasteiger partial charge on any atom is 0.310 e. The SMILES string of the molecule is CC(C)Cc1ccc(C(C)C(=O)O)cc1.Nc1ccc(O)cc1. The van der Waals surface area contributed by atoms with Crippen molar-refractivity contribution in [3.8, 4) is 5.75 Å². The normalized spacial score (nSPS) is 11.5. The Hall–Kier alpha value is -2.49. The monoisotopic (exact) mass is 315 g/mol. The average molecular weight is 315 g/mol. The molecule has 4 nitrogen and oxygen atoms in total. The van der Waals surface area contributed by atoms with Crippen molar-refractivity contribution >= 4 is 11.7 Å². The van der Waals surface area contributed by atoms with E-state index in [4.69, 9.17) is 15.9 Å². The van der Waals surface area contributed by atoms with Crippen molar-refractivity contribution in [1.82, 2.24) is 0 Å². The molecule has 23 heavy (non-hydrogen) atoms. The fourth-order valence-corrected chi connectivity index (χ4v) is 2.03. The second-order valence-corrected chi connectivity index (χ2v) is 5.99. The van der Waals surface area contributed by atoms with Crippen LogP contribution in [0.15, 0.2) is 48.5 Å². The Balaban J connectivity index is 0.000000277. The number of carbonyl (C=O) groups is 1. The van der Waals surface area contributed by atoms with Crippen LogP contribution < -0.4 is 5.73 Å². The van der Waals surface area contributed by atoms with Crippen molar-refractivity contribution in [1.29, 1.82) is 0 Å². The first kappa shape index (κ1) is 18.6. The number of nitrogen functional groups attached to an aromatic ring is 1. The minimum atomic E-state index is -0.772. The van der Waals surface area contributed by atoms with E-state index in [1.807, 2.05) is 24.3 Å². The van der Waals surface area contributed by atoms with Crippen LogP contribution in [0, 0.1) is 5.92 Å². The molecular weight excluding hydrogens is 290 g/mol. The molecule has 4 N–H and O–H groups in total. The molecule has 0 bridgehead atoms. The van der Waals surface area contributed by atoms with Crippen LogP contribution in [0.4, 0.5) is 5.69 Å². The summed E-state index contributed by atoms with van der Waals surface area (Å²) in [6, 6.07) is 14.3. The molecule has 0 aliphatic rings. The number of nitrogens with two attached hydrogens (primary N) is 1. The Kier molecular flexibility index (Phi) is 7.13. The summed E-state index contributed by atoms with van der Waals surface area (Å²) in [5.41, 5.74) is 8.12. The topological polar surface area (TPSA) is 83.5 Å². The summed E-state index contributed by atoms with van der Waals surface area (Å²) >= 11 is 0. The highest BCUT2D eigenvalue weighted by molar-refractivity contribution is 5.75. The van der Waals surface area contributed by atoms with E-state index in [-0.39, 0.29) is 5.75 Å². The number of carboxylic acids is 1. The van der Waals surface area contributed by atoms with Crippen LogP contribution >= 0.6 is 0 Å². The molecular formula is C19H25NO3.